The van der Waals surface area contributed by atoms with E-state index in [9.17, 15) is 51.1 Å². The second-order valence-electron chi connectivity index (χ2n) is 10.6. The van der Waals surface area contributed by atoms with Crippen LogP contribution in [0.25, 0.3) is 0 Å². The van der Waals surface area contributed by atoms with Crippen molar-refractivity contribution in [2.24, 2.45) is 0 Å². The van der Waals surface area contributed by atoms with Crippen LogP contribution in [0, 0.1) is 0 Å². The molecule has 0 amide bonds. The Labute approximate surface area is 228 Å². The fourth-order valence-electron chi connectivity index (χ4n) is 5.12. The Balaban J connectivity index is 1.38. The summed E-state index contributed by atoms with van der Waals surface area (Å²) in [6.45, 7) is 3.89. The minimum absolute atomic E-state index is 0.416. The van der Waals surface area contributed by atoms with Crippen LogP contribution in [0.3, 0.4) is 0 Å². The third kappa shape index (κ3) is 6.31. The van der Waals surface area contributed by atoms with Crippen LogP contribution in [0.15, 0.2) is 0 Å². The van der Waals surface area contributed by atoms with Crippen molar-refractivity contribution in [2.75, 3.05) is 6.61 Å². The molecular weight excluding hydrogens is 548 g/mol. The van der Waals surface area contributed by atoms with Gasteiger partial charge in [-0.2, -0.15) is 0 Å². The fourth-order valence-corrected chi connectivity index (χ4v) is 5.12. The van der Waals surface area contributed by atoms with Gasteiger partial charge in [-0.25, -0.2) is 0 Å². The van der Waals surface area contributed by atoms with Crippen molar-refractivity contribution in [3.05, 3.63) is 0 Å². The van der Waals surface area contributed by atoms with Crippen LogP contribution in [0.5, 0.6) is 0 Å². The molecule has 0 bridgehead atoms. The van der Waals surface area contributed by atoms with Crippen LogP contribution in [0.2, 0.25) is 0 Å². The summed E-state index contributed by atoms with van der Waals surface area (Å²) in [6.07, 6.45) is -27.9. The van der Waals surface area contributed by atoms with E-state index in [1.54, 1.807) is 0 Å². The smallest absolute Gasteiger partial charge is 0.187 e. The molecule has 0 aromatic rings. The molecule has 40 heavy (non-hydrogen) atoms. The zero-order valence-corrected chi connectivity index (χ0v) is 22.0. The topological polar surface area (TPSA) is 267 Å². The Morgan fingerprint density at radius 2 is 0.925 bits per heavy atom. The first-order valence-electron chi connectivity index (χ1n) is 13.1. The molecule has 0 aromatic heterocycles. The van der Waals surface area contributed by atoms with Gasteiger partial charge in [-0.15, -0.1) is 0 Å². The highest BCUT2D eigenvalue weighted by molar-refractivity contribution is 4.95. The third-order valence-electron chi connectivity index (χ3n) is 7.69. The Hall–Kier alpha value is -0.680. The maximum atomic E-state index is 10.9. The van der Waals surface area contributed by atoms with Crippen molar-refractivity contribution in [1.82, 2.24) is 0 Å². The predicted octanol–water partition coefficient (Wildman–Crippen LogP) is -6.03. The van der Waals surface area contributed by atoms with Gasteiger partial charge in [0.1, 0.15) is 73.2 Å². The number of hydrogen-bond donors (Lipinski definition) is 10. The van der Waals surface area contributed by atoms with Gasteiger partial charge in [-0.05, 0) is 20.8 Å². The molecule has 4 aliphatic heterocycles. The maximum absolute atomic E-state index is 10.9. The predicted molar refractivity (Wildman–Crippen MR) is 124 cm³/mol. The van der Waals surface area contributed by atoms with E-state index in [2.05, 4.69) is 0 Å². The Morgan fingerprint density at radius 3 is 1.57 bits per heavy atom. The Kier molecular flexibility index (Phi) is 10.4. The molecule has 4 fully saturated rings. The van der Waals surface area contributed by atoms with E-state index in [4.69, 9.17) is 33.2 Å². The number of hydrogen-bond acceptors (Lipinski definition) is 17. The Morgan fingerprint density at radius 1 is 0.450 bits per heavy atom. The molecule has 0 aromatic carbocycles. The van der Waals surface area contributed by atoms with E-state index >= 15 is 0 Å². The molecule has 0 spiro atoms. The summed E-state index contributed by atoms with van der Waals surface area (Å²) < 4.78 is 38.1. The first-order chi connectivity index (χ1) is 18.7. The summed E-state index contributed by atoms with van der Waals surface area (Å²) in [6, 6.07) is 0. The molecular formula is C23H40O17. The van der Waals surface area contributed by atoms with Crippen molar-refractivity contribution in [2.45, 2.75) is 137 Å². The first kappa shape index (κ1) is 32.2. The summed E-state index contributed by atoms with van der Waals surface area (Å²) >= 11 is 0. The summed E-state index contributed by atoms with van der Waals surface area (Å²) in [4.78, 5) is 0. The van der Waals surface area contributed by atoms with Crippen molar-refractivity contribution in [1.29, 1.82) is 0 Å². The average Bonchev–Trinajstić information content (AvgIpc) is 2.91. The molecule has 4 saturated heterocycles. The SMILES string of the molecule is C[C@@H]1O[C@@H](O[C@@H]2[C@@H](O)[C@H](O[C@@H]3[C@@H](O)[C@@H](O)[C@H](O[C@@H]4[C@@H](O)[C@@H](O)[C@@H](C)O[C@H]4O)O[C@H]3C)OC[C@H]2O)[C@H](O)[C@H](O)[C@H]1O. The van der Waals surface area contributed by atoms with Crippen molar-refractivity contribution >= 4 is 0 Å². The summed E-state index contributed by atoms with van der Waals surface area (Å²) in [7, 11) is 0. The van der Waals surface area contributed by atoms with Gasteiger partial charge >= 0.3 is 0 Å². The van der Waals surface area contributed by atoms with E-state index in [-0.39, 0.29) is 0 Å². The van der Waals surface area contributed by atoms with Gasteiger partial charge in [0.15, 0.2) is 25.2 Å². The lowest BCUT2D eigenvalue weighted by atomic mass is 9.97. The van der Waals surface area contributed by atoms with E-state index in [1.165, 1.54) is 20.8 Å². The summed E-state index contributed by atoms with van der Waals surface area (Å²) in [5, 5.41) is 103. The lowest BCUT2D eigenvalue weighted by molar-refractivity contribution is -0.379. The normalized spacial score (nSPS) is 56.2. The highest BCUT2D eigenvalue weighted by Gasteiger charge is 2.52. The lowest BCUT2D eigenvalue weighted by Crippen LogP contribution is -2.65. The molecule has 0 radical (unpaired) electrons. The summed E-state index contributed by atoms with van der Waals surface area (Å²) in [5.74, 6) is 0. The fraction of sp³-hybridized carbons (Fsp3) is 1.00. The maximum Gasteiger partial charge on any atom is 0.187 e. The van der Waals surface area contributed by atoms with Gasteiger partial charge in [-0.3, -0.25) is 0 Å². The monoisotopic (exact) mass is 588 g/mol. The number of aliphatic hydroxyl groups excluding tert-OH is 10. The minimum Gasteiger partial charge on any atom is -0.388 e. The largest absolute Gasteiger partial charge is 0.388 e. The molecule has 4 heterocycles. The van der Waals surface area contributed by atoms with Gasteiger partial charge in [-0.1, -0.05) is 0 Å². The van der Waals surface area contributed by atoms with E-state index < -0.39 is 123 Å². The minimum atomic E-state index is -1.80. The Bertz CT molecular complexity index is 822. The molecule has 17 heteroatoms. The van der Waals surface area contributed by atoms with Gasteiger partial charge in [0.25, 0.3) is 0 Å². The van der Waals surface area contributed by atoms with Crippen molar-refractivity contribution in [3.8, 4) is 0 Å². The highest BCUT2D eigenvalue weighted by atomic mass is 16.8. The summed E-state index contributed by atoms with van der Waals surface area (Å²) in [5.41, 5.74) is 0. The molecule has 0 aliphatic carbocycles. The molecule has 17 nitrogen and oxygen atoms in total. The lowest BCUT2D eigenvalue weighted by Gasteiger charge is -2.47. The van der Waals surface area contributed by atoms with E-state index in [1.807, 2.05) is 0 Å². The quantitative estimate of drug-likeness (QED) is 0.138. The highest BCUT2D eigenvalue weighted by Crippen LogP contribution is 2.32. The molecule has 0 unspecified atom stereocenters. The third-order valence-corrected chi connectivity index (χ3v) is 7.69. The van der Waals surface area contributed by atoms with Gasteiger partial charge < -0.3 is 84.2 Å². The van der Waals surface area contributed by atoms with E-state index in [0.29, 0.717) is 0 Å². The van der Waals surface area contributed by atoms with Gasteiger partial charge in [0, 0.05) is 0 Å². The molecule has 0 saturated carbocycles. The van der Waals surface area contributed by atoms with Gasteiger partial charge in [0.2, 0.25) is 0 Å². The van der Waals surface area contributed by atoms with Crippen LogP contribution < -0.4 is 0 Å². The number of rotatable bonds is 6. The number of ether oxygens (including phenoxy) is 7. The van der Waals surface area contributed by atoms with E-state index in [0.717, 1.165) is 0 Å². The number of aliphatic hydroxyl groups is 10. The molecule has 4 rings (SSSR count). The van der Waals surface area contributed by atoms with Crippen molar-refractivity contribution < 1.29 is 84.2 Å². The zero-order valence-electron chi connectivity index (χ0n) is 22.0. The van der Waals surface area contributed by atoms with Crippen molar-refractivity contribution in [3.63, 3.8) is 0 Å². The van der Waals surface area contributed by atoms with Crippen LogP contribution in [-0.2, 0) is 33.2 Å². The molecule has 10 N–H and O–H groups in total. The standard InChI is InChI=1S/C23H40O17/c1-5-10(26)12(28)19(20(33)35-5)40-23-15(31)13(29)17(7(3)37-23)38-21-16(32)18(8(24)4-34-21)39-22-14(30)11(27)9(25)6(2)36-22/h5-33H,4H2,1-3H3/t5-,6+,7+,8-,9+,10+,11-,12+,13+,14-,15-,16-,17+,18+,19-,20-,21+,22+,23+/m1/s1. The zero-order chi connectivity index (χ0) is 29.6. The molecule has 4 aliphatic rings. The van der Waals surface area contributed by atoms with Gasteiger partial charge in [0.05, 0.1) is 24.9 Å². The average molecular weight is 589 g/mol. The van der Waals surface area contributed by atoms with Crippen LogP contribution in [0.1, 0.15) is 20.8 Å². The first-order valence-corrected chi connectivity index (χ1v) is 13.1. The second kappa shape index (κ2) is 12.9. The molecule has 19 atom stereocenters. The van der Waals surface area contributed by atoms with Crippen LogP contribution in [-0.4, -0.2) is 174 Å². The van der Waals surface area contributed by atoms with Crippen LogP contribution >= 0.6 is 0 Å². The second-order valence-corrected chi connectivity index (χ2v) is 10.6. The molecule has 234 valence electrons. The van der Waals surface area contributed by atoms with Crippen LogP contribution in [0.4, 0.5) is 0 Å².